The summed E-state index contributed by atoms with van der Waals surface area (Å²) in [7, 11) is 0. The molecule has 27 heavy (non-hydrogen) atoms. The summed E-state index contributed by atoms with van der Waals surface area (Å²) in [5.41, 5.74) is 1.91. The molecule has 0 aliphatic carbocycles. The maximum atomic E-state index is 10.1. The molecule has 2 aromatic carbocycles. The van der Waals surface area contributed by atoms with Crippen molar-refractivity contribution in [2.24, 2.45) is 0 Å². The average molecular weight is 386 g/mol. The van der Waals surface area contributed by atoms with Gasteiger partial charge in [0.15, 0.2) is 11.5 Å². The van der Waals surface area contributed by atoms with Gasteiger partial charge in [0.05, 0.1) is 6.10 Å². The Labute approximate surface area is 160 Å². The zero-order valence-electron chi connectivity index (χ0n) is 14.6. The summed E-state index contributed by atoms with van der Waals surface area (Å²) in [6.07, 6.45) is -0.655. The first-order valence-corrected chi connectivity index (χ1v) is 9.40. The number of hydrogen-bond donors (Lipinski definition) is 1. The van der Waals surface area contributed by atoms with Crippen LogP contribution in [-0.4, -0.2) is 40.6 Å². The zero-order chi connectivity index (χ0) is 18.6. The molecule has 0 bridgehead atoms. The molecule has 0 fully saturated rings. The number of ether oxygens (including phenoxy) is 3. The molecule has 2 heterocycles. The molecule has 0 radical (unpaired) electrons. The molecule has 0 unspecified atom stereocenters. The maximum Gasteiger partial charge on any atom is 0.276 e. The van der Waals surface area contributed by atoms with Crippen LogP contribution < -0.4 is 14.2 Å². The van der Waals surface area contributed by atoms with Gasteiger partial charge in [0.2, 0.25) is 12.7 Å². The van der Waals surface area contributed by atoms with Gasteiger partial charge in [-0.3, -0.25) is 0 Å². The summed E-state index contributed by atoms with van der Waals surface area (Å²) in [4.78, 5) is 0. The van der Waals surface area contributed by atoms with Gasteiger partial charge in [0.1, 0.15) is 12.4 Å². The van der Waals surface area contributed by atoms with Crippen molar-refractivity contribution in [3.63, 3.8) is 0 Å². The van der Waals surface area contributed by atoms with Crippen molar-refractivity contribution in [1.82, 2.24) is 10.2 Å². The summed E-state index contributed by atoms with van der Waals surface area (Å²) < 4.78 is 21.9. The number of benzene rings is 2. The lowest BCUT2D eigenvalue weighted by Gasteiger charge is -2.11. The molecule has 4 rings (SSSR count). The van der Waals surface area contributed by atoms with E-state index in [4.69, 9.17) is 18.6 Å². The van der Waals surface area contributed by atoms with Crippen molar-refractivity contribution < 1.29 is 23.7 Å². The monoisotopic (exact) mass is 386 g/mol. The number of aliphatic hydroxyl groups excluding tert-OH is 1. The maximum absolute atomic E-state index is 10.1. The molecular weight excluding hydrogens is 368 g/mol. The van der Waals surface area contributed by atoms with Gasteiger partial charge in [0.25, 0.3) is 5.22 Å². The van der Waals surface area contributed by atoms with Crippen LogP contribution in [0.25, 0.3) is 11.5 Å². The Morgan fingerprint density at radius 1 is 1.11 bits per heavy atom. The van der Waals surface area contributed by atoms with Crippen LogP contribution >= 0.6 is 11.8 Å². The van der Waals surface area contributed by atoms with E-state index in [0.717, 1.165) is 16.9 Å². The number of rotatable bonds is 7. The Morgan fingerprint density at radius 2 is 1.93 bits per heavy atom. The Morgan fingerprint density at radius 3 is 2.78 bits per heavy atom. The largest absolute Gasteiger partial charge is 0.491 e. The Kier molecular flexibility index (Phi) is 5.17. The molecule has 8 heteroatoms. The van der Waals surface area contributed by atoms with E-state index >= 15 is 0 Å². The number of aromatic nitrogens is 2. The number of aliphatic hydroxyl groups is 1. The molecule has 1 aliphatic heterocycles. The van der Waals surface area contributed by atoms with Crippen LogP contribution in [0.1, 0.15) is 5.56 Å². The number of fused-ring (bicyclic) bond motifs is 1. The summed E-state index contributed by atoms with van der Waals surface area (Å²) in [6, 6.07) is 13.1. The lowest BCUT2D eigenvalue weighted by Crippen LogP contribution is -2.20. The second kappa shape index (κ2) is 7.89. The molecule has 140 valence electrons. The molecule has 3 aromatic rings. The predicted octanol–water partition coefficient (Wildman–Crippen LogP) is 3.31. The topological polar surface area (TPSA) is 86.8 Å². The summed E-state index contributed by atoms with van der Waals surface area (Å²) in [5, 5.41) is 18.5. The Hall–Kier alpha value is -2.71. The molecule has 0 amide bonds. The SMILES string of the molecule is Cc1ccc(OC[C@@H](O)CSc2nnc(-c3ccc4c(c3)OCO4)o2)cc1. The lowest BCUT2D eigenvalue weighted by atomic mass is 10.2. The fraction of sp³-hybridized carbons (Fsp3) is 0.263. The predicted molar refractivity (Wildman–Crippen MR) is 99.3 cm³/mol. The minimum atomic E-state index is -0.655. The summed E-state index contributed by atoms with van der Waals surface area (Å²) >= 11 is 1.28. The van der Waals surface area contributed by atoms with E-state index in [9.17, 15) is 5.11 Å². The van der Waals surface area contributed by atoms with Crippen LogP contribution in [0.3, 0.4) is 0 Å². The van der Waals surface area contributed by atoms with Crippen LogP contribution in [0.15, 0.2) is 52.1 Å². The third-order valence-electron chi connectivity index (χ3n) is 3.89. The minimum Gasteiger partial charge on any atom is -0.491 e. The highest BCUT2D eigenvalue weighted by Gasteiger charge is 2.17. The van der Waals surface area contributed by atoms with Gasteiger partial charge in [-0.05, 0) is 37.3 Å². The second-order valence-corrected chi connectivity index (χ2v) is 7.00. The van der Waals surface area contributed by atoms with Gasteiger partial charge >= 0.3 is 0 Å². The first-order chi connectivity index (χ1) is 13.2. The van der Waals surface area contributed by atoms with Crippen LogP contribution in [0, 0.1) is 6.92 Å². The van der Waals surface area contributed by atoms with Gasteiger partial charge in [-0.1, -0.05) is 29.5 Å². The highest BCUT2D eigenvalue weighted by Crippen LogP contribution is 2.36. The molecule has 0 saturated heterocycles. The standard InChI is InChI=1S/C19H18N2O5S/c1-12-2-5-15(6-3-12)23-9-14(22)10-27-19-21-20-18(26-19)13-4-7-16-17(8-13)25-11-24-16/h2-8,14,22H,9-11H2,1H3/t14-/m1/s1. The van der Waals surface area contributed by atoms with Crippen molar-refractivity contribution in [2.75, 3.05) is 19.2 Å². The molecule has 1 aliphatic rings. The van der Waals surface area contributed by atoms with E-state index in [1.54, 1.807) is 12.1 Å². The van der Waals surface area contributed by atoms with E-state index in [1.807, 2.05) is 37.3 Å². The van der Waals surface area contributed by atoms with Crippen LogP contribution in [0.5, 0.6) is 17.2 Å². The highest BCUT2D eigenvalue weighted by atomic mass is 32.2. The van der Waals surface area contributed by atoms with E-state index in [0.29, 0.717) is 28.4 Å². The van der Waals surface area contributed by atoms with E-state index in [2.05, 4.69) is 10.2 Å². The van der Waals surface area contributed by atoms with Crippen LogP contribution in [-0.2, 0) is 0 Å². The first kappa shape index (κ1) is 17.7. The molecule has 1 aromatic heterocycles. The van der Waals surface area contributed by atoms with Crippen molar-refractivity contribution >= 4 is 11.8 Å². The molecule has 1 atom stereocenters. The van der Waals surface area contributed by atoms with Crippen LogP contribution in [0.2, 0.25) is 0 Å². The number of thioether (sulfide) groups is 1. The third-order valence-corrected chi connectivity index (χ3v) is 4.85. The summed E-state index contributed by atoms with van der Waals surface area (Å²) in [6.45, 7) is 2.42. The van der Waals surface area contributed by atoms with Gasteiger partial charge in [-0.25, -0.2) is 0 Å². The zero-order valence-corrected chi connectivity index (χ0v) is 15.4. The average Bonchev–Trinajstić information content (AvgIpc) is 3.34. The van der Waals surface area contributed by atoms with Crippen molar-refractivity contribution in [2.45, 2.75) is 18.3 Å². The normalized spacial score (nSPS) is 13.6. The van der Waals surface area contributed by atoms with Gasteiger partial charge in [0, 0.05) is 11.3 Å². The highest BCUT2D eigenvalue weighted by molar-refractivity contribution is 7.99. The Bertz CT molecular complexity index is 913. The van der Waals surface area contributed by atoms with Crippen molar-refractivity contribution in [3.8, 4) is 28.7 Å². The Balaban J connectivity index is 1.29. The minimum absolute atomic E-state index is 0.194. The number of nitrogens with zero attached hydrogens (tertiary/aromatic N) is 2. The number of hydrogen-bond acceptors (Lipinski definition) is 8. The van der Waals surface area contributed by atoms with E-state index in [1.165, 1.54) is 11.8 Å². The lowest BCUT2D eigenvalue weighted by molar-refractivity contribution is 0.126. The van der Waals surface area contributed by atoms with Crippen LogP contribution in [0.4, 0.5) is 0 Å². The summed E-state index contributed by atoms with van der Waals surface area (Å²) in [5.74, 6) is 2.86. The fourth-order valence-corrected chi connectivity index (χ4v) is 3.12. The molecule has 0 saturated carbocycles. The van der Waals surface area contributed by atoms with Gasteiger partial charge in [-0.15, -0.1) is 10.2 Å². The van der Waals surface area contributed by atoms with Gasteiger partial charge < -0.3 is 23.7 Å². The van der Waals surface area contributed by atoms with E-state index < -0.39 is 6.10 Å². The quantitative estimate of drug-likeness (QED) is 0.619. The number of aryl methyl sites for hydroxylation is 1. The molecule has 1 N–H and O–H groups in total. The third kappa shape index (κ3) is 4.35. The van der Waals surface area contributed by atoms with Crippen molar-refractivity contribution in [1.29, 1.82) is 0 Å². The van der Waals surface area contributed by atoms with E-state index in [-0.39, 0.29) is 13.4 Å². The fourth-order valence-electron chi connectivity index (χ4n) is 2.46. The van der Waals surface area contributed by atoms with Crippen molar-refractivity contribution in [3.05, 3.63) is 48.0 Å². The van der Waals surface area contributed by atoms with Gasteiger partial charge in [-0.2, -0.15) is 0 Å². The molecule has 7 nitrogen and oxygen atoms in total. The first-order valence-electron chi connectivity index (χ1n) is 8.41. The molecular formula is C19H18N2O5S. The molecule has 0 spiro atoms. The smallest absolute Gasteiger partial charge is 0.276 e. The second-order valence-electron chi connectivity index (χ2n) is 6.03.